The molecule has 2 saturated carbocycles. The van der Waals surface area contributed by atoms with Gasteiger partial charge in [0.15, 0.2) is 0 Å². The SMILES string of the molecule is CC(C)[N]=[Nb].[CH-]1CCCCC1.[CH-]1CCCCC1.[CH2-]C. The zero-order valence-corrected chi connectivity index (χ0v) is 15.6. The number of rotatable bonds is 1. The molecular weight excluding hydrogens is 311 g/mol. The van der Waals surface area contributed by atoms with Crippen molar-refractivity contribution in [3.05, 3.63) is 19.8 Å². The van der Waals surface area contributed by atoms with Gasteiger partial charge in [0, 0.05) is 0 Å². The van der Waals surface area contributed by atoms with E-state index in [4.69, 9.17) is 0 Å². The van der Waals surface area contributed by atoms with Crippen molar-refractivity contribution in [3.63, 3.8) is 0 Å². The van der Waals surface area contributed by atoms with E-state index >= 15 is 0 Å². The maximum absolute atomic E-state index is 3.94. The van der Waals surface area contributed by atoms with Gasteiger partial charge in [0.05, 0.1) is 0 Å². The Morgan fingerprint density at radius 3 is 1.11 bits per heavy atom. The molecule has 2 fully saturated rings. The van der Waals surface area contributed by atoms with Gasteiger partial charge in [-0.3, -0.25) is 0 Å². The molecule has 0 saturated heterocycles. The molecule has 0 spiro atoms. The van der Waals surface area contributed by atoms with Crippen molar-refractivity contribution < 1.29 is 20.9 Å². The molecule has 0 aromatic heterocycles. The van der Waals surface area contributed by atoms with E-state index in [2.05, 4.69) is 37.0 Å². The van der Waals surface area contributed by atoms with Gasteiger partial charge in [0.1, 0.15) is 0 Å². The van der Waals surface area contributed by atoms with Crippen molar-refractivity contribution in [2.45, 2.75) is 91.0 Å². The Morgan fingerprint density at radius 2 is 1.05 bits per heavy atom. The fraction of sp³-hybridized carbons (Fsp3) is 0.824. The maximum Gasteiger partial charge on any atom is -0.0582 e. The van der Waals surface area contributed by atoms with Crippen LogP contribution in [0.3, 0.4) is 0 Å². The normalized spacial score (nSPS) is 17.7. The fourth-order valence-corrected chi connectivity index (χ4v) is 1.80. The summed E-state index contributed by atoms with van der Waals surface area (Å²) in [6, 6.07) is 0.531. The van der Waals surface area contributed by atoms with Crippen LogP contribution < -0.4 is 0 Å². The van der Waals surface area contributed by atoms with Gasteiger partial charge in [-0.1, -0.05) is 38.5 Å². The summed E-state index contributed by atoms with van der Waals surface area (Å²) in [5.74, 6) is 0. The van der Waals surface area contributed by atoms with E-state index in [1.807, 2.05) is 0 Å². The second-order valence-electron chi connectivity index (χ2n) is 5.06. The number of nitrogens with zero attached hydrogens (tertiary/aromatic N) is 1. The Kier molecular flexibility index (Phi) is 24.0. The van der Waals surface area contributed by atoms with Crippen LogP contribution in [0.25, 0.3) is 0 Å². The van der Waals surface area contributed by atoms with Crippen LogP contribution >= 0.6 is 0 Å². The van der Waals surface area contributed by atoms with E-state index in [0.717, 1.165) is 0 Å². The second kappa shape index (κ2) is 20.8. The van der Waals surface area contributed by atoms with Gasteiger partial charge in [0.2, 0.25) is 0 Å². The molecular formula is C17H34NNb-3. The van der Waals surface area contributed by atoms with Crippen molar-refractivity contribution in [1.29, 1.82) is 0 Å². The third kappa shape index (κ3) is 24.0. The molecule has 0 radical (unpaired) electrons. The van der Waals surface area contributed by atoms with Crippen LogP contribution in [0.1, 0.15) is 85.0 Å². The molecule has 0 amide bonds. The van der Waals surface area contributed by atoms with Gasteiger partial charge in [-0.25, -0.2) is 0 Å². The van der Waals surface area contributed by atoms with Gasteiger partial charge in [-0.15, -0.1) is 0 Å². The van der Waals surface area contributed by atoms with E-state index in [-0.39, 0.29) is 0 Å². The minimum Gasteiger partial charge on any atom is -0.346 e. The van der Waals surface area contributed by atoms with Crippen LogP contribution in [0.15, 0.2) is 3.34 Å². The van der Waals surface area contributed by atoms with E-state index in [9.17, 15) is 0 Å². The molecule has 2 heteroatoms. The first-order chi connectivity index (χ1) is 9.27. The smallest absolute Gasteiger partial charge is 0.0582 e. The third-order valence-corrected chi connectivity index (χ3v) is 4.00. The number of hydrogen-bond acceptors (Lipinski definition) is 1. The fourth-order valence-electron chi connectivity index (χ4n) is 1.80. The molecule has 0 aliphatic heterocycles. The van der Waals surface area contributed by atoms with E-state index in [0.29, 0.717) is 6.04 Å². The van der Waals surface area contributed by atoms with Crippen LogP contribution in [0, 0.1) is 19.8 Å². The molecule has 2 rings (SSSR count). The first-order valence-electron chi connectivity index (χ1n) is 7.95. The van der Waals surface area contributed by atoms with Crippen molar-refractivity contribution >= 4 is 0 Å². The molecule has 2 aliphatic carbocycles. The number of hydrogen-bond donors (Lipinski definition) is 0. The molecule has 19 heavy (non-hydrogen) atoms. The minimum absolute atomic E-state index is 0.531. The average Bonchev–Trinajstić information content (AvgIpc) is 2.54. The van der Waals surface area contributed by atoms with E-state index in [1.54, 1.807) is 6.92 Å². The minimum atomic E-state index is 0.531. The van der Waals surface area contributed by atoms with Crippen molar-refractivity contribution in [3.8, 4) is 0 Å². The van der Waals surface area contributed by atoms with Crippen LogP contribution in [-0.4, -0.2) is 6.04 Å². The summed E-state index contributed by atoms with van der Waals surface area (Å²) in [6.45, 7) is 9.14. The monoisotopic (exact) mass is 345 g/mol. The average molecular weight is 345 g/mol. The summed E-state index contributed by atoms with van der Waals surface area (Å²) in [4.78, 5) is 0. The molecule has 0 aromatic rings. The van der Waals surface area contributed by atoms with Crippen LogP contribution in [0.5, 0.6) is 0 Å². The summed E-state index contributed by atoms with van der Waals surface area (Å²) >= 11 is 1.53. The third-order valence-electron chi connectivity index (χ3n) is 2.86. The van der Waals surface area contributed by atoms with Gasteiger partial charge >= 0.3 is 44.1 Å². The Balaban J connectivity index is 0. The second-order valence-corrected chi connectivity index (χ2v) is 5.63. The van der Waals surface area contributed by atoms with E-state index < -0.39 is 0 Å². The topological polar surface area (TPSA) is 12.4 Å². The molecule has 0 aromatic carbocycles. The Morgan fingerprint density at radius 1 is 0.789 bits per heavy atom. The van der Waals surface area contributed by atoms with E-state index in [1.165, 1.54) is 85.1 Å². The Bertz CT molecular complexity index is 114. The molecule has 0 unspecified atom stereocenters. The largest absolute Gasteiger partial charge is 0.346 e. The molecule has 1 nitrogen and oxygen atoms in total. The molecule has 2 aliphatic rings. The van der Waals surface area contributed by atoms with Gasteiger partial charge in [-0.2, -0.15) is 32.6 Å². The first-order valence-corrected chi connectivity index (χ1v) is 8.94. The van der Waals surface area contributed by atoms with Gasteiger partial charge in [-0.05, 0) is 0 Å². The molecule has 0 N–H and O–H groups in total. The summed E-state index contributed by atoms with van der Waals surface area (Å²) in [6.07, 6.45) is 19.0. The summed E-state index contributed by atoms with van der Waals surface area (Å²) in [5.41, 5.74) is 0. The summed E-state index contributed by atoms with van der Waals surface area (Å²) in [7, 11) is 0. The van der Waals surface area contributed by atoms with Crippen LogP contribution in [0.4, 0.5) is 0 Å². The van der Waals surface area contributed by atoms with Gasteiger partial charge < -0.3 is 19.8 Å². The van der Waals surface area contributed by atoms with Crippen LogP contribution in [-0.2, 0) is 20.9 Å². The van der Waals surface area contributed by atoms with Crippen molar-refractivity contribution in [2.24, 2.45) is 3.34 Å². The molecule has 0 atom stereocenters. The first kappa shape index (κ1) is 21.8. The Hall–Kier alpha value is 0.540. The zero-order valence-electron chi connectivity index (χ0n) is 13.4. The van der Waals surface area contributed by atoms with Crippen LogP contribution in [0.2, 0.25) is 0 Å². The quantitative estimate of drug-likeness (QED) is 0.392. The predicted molar refractivity (Wildman–Crippen MR) is 83.4 cm³/mol. The molecule has 0 bridgehead atoms. The maximum atomic E-state index is 3.94. The standard InChI is InChI=1S/2C6H11.C3H7N.C2H5.Nb/c2*1-2-4-6-5-3-1;1-3(2)4;1-2;/h2*1H,2-6H2;3H,1-2H3;1H2,2H3;/q2*-1;;-1;. The van der Waals surface area contributed by atoms with Gasteiger partial charge in [0.25, 0.3) is 0 Å². The molecule has 115 valence electrons. The summed E-state index contributed by atoms with van der Waals surface area (Å²) in [5, 5.41) is 0. The molecule has 0 heterocycles. The van der Waals surface area contributed by atoms with Crippen molar-refractivity contribution in [1.82, 2.24) is 0 Å². The Labute approximate surface area is 135 Å². The predicted octanol–water partition coefficient (Wildman–Crippen LogP) is 6.28. The van der Waals surface area contributed by atoms with Crippen molar-refractivity contribution in [2.75, 3.05) is 0 Å². The zero-order chi connectivity index (χ0) is 14.8. The summed E-state index contributed by atoms with van der Waals surface area (Å²) < 4.78 is 3.94.